The molecule has 1 aromatic heterocycles. The van der Waals surface area contributed by atoms with E-state index in [1.165, 1.54) is 0 Å². The molecule has 1 aliphatic rings. The monoisotopic (exact) mass is 322 g/mol. The Morgan fingerprint density at radius 2 is 1.96 bits per heavy atom. The van der Waals surface area contributed by atoms with Gasteiger partial charge in [0.05, 0.1) is 12.5 Å². The molecule has 0 N–H and O–H groups in total. The summed E-state index contributed by atoms with van der Waals surface area (Å²) in [6.45, 7) is 11.1. The van der Waals surface area contributed by atoms with Gasteiger partial charge in [-0.3, -0.25) is 9.59 Å². The van der Waals surface area contributed by atoms with Crippen molar-refractivity contribution in [1.82, 2.24) is 20.0 Å². The van der Waals surface area contributed by atoms with Gasteiger partial charge in [-0.2, -0.15) is 0 Å². The summed E-state index contributed by atoms with van der Waals surface area (Å²) in [7, 11) is 0. The number of aromatic nitrogens is 2. The van der Waals surface area contributed by atoms with E-state index in [9.17, 15) is 9.59 Å². The van der Waals surface area contributed by atoms with E-state index in [2.05, 4.69) is 10.2 Å². The molecular weight excluding hydrogens is 296 g/mol. The minimum atomic E-state index is -0.296. The highest BCUT2D eigenvalue weighted by atomic mass is 16.4. The molecule has 23 heavy (non-hydrogen) atoms. The Kier molecular flexibility index (Phi) is 5.06. The van der Waals surface area contributed by atoms with Crippen molar-refractivity contribution in [2.75, 3.05) is 13.1 Å². The minimum Gasteiger partial charge on any atom is -0.423 e. The van der Waals surface area contributed by atoms with Gasteiger partial charge < -0.3 is 14.2 Å². The first-order valence-corrected chi connectivity index (χ1v) is 8.16. The Morgan fingerprint density at radius 3 is 2.43 bits per heavy atom. The second kappa shape index (κ2) is 6.68. The van der Waals surface area contributed by atoms with E-state index in [-0.39, 0.29) is 29.7 Å². The van der Waals surface area contributed by atoms with Gasteiger partial charge in [-0.15, -0.1) is 10.2 Å². The maximum Gasteiger partial charge on any atom is 0.235 e. The van der Waals surface area contributed by atoms with E-state index < -0.39 is 0 Å². The molecular formula is C16H26N4O3. The summed E-state index contributed by atoms with van der Waals surface area (Å²) in [5, 5.41) is 7.88. The fraction of sp³-hybridized carbons (Fsp3) is 0.750. The van der Waals surface area contributed by atoms with Gasteiger partial charge in [-0.05, 0) is 27.7 Å². The van der Waals surface area contributed by atoms with Gasteiger partial charge in [0, 0.05) is 31.5 Å². The van der Waals surface area contributed by atoms with Crippen molar-refractivity contribution in [3.05, 3.63) is 11.8 Å². The van der Waals surface area contributed by atoms with Crippen LogP contribution in [0.1, 0.15) is 52.8 Å². The van der Waals surface area contributed by atoms with Crippen molar-refractivity contribution in [3.63, 3.8) is 0 Å². The molecule has 1 aromatic rings. The molecule has 1 aliphatic heterocycles. The Labute approximate surface area is 137 Å². The minimum absolute atomic E-state index is 0.0242. The highest BCUT2D eigenvalue weighted by molar-refractivity contribution is 5.89. The van der Waals surface area contributed by atoms with E-state index in [1.807, 2.05) is 34.6 Å². The zero-order valence-corrected chi connectivity index (χ0v) is 14.6. The van der Waals surface area contributed by atoms with E-state index >= 15 is 0 Å². The molecule has 0 radical (unpaired) electrons. The number of carbonyl (C=O) groups is 2. The second-order valence-corrected chi connectivity index (χ2v) is 6.87. The molecule has 0 bridgehead atoms. The second-order valence-electron chi connectivity index (χ2n) is 6.87. The molecule has 2 rings (SSSR count). The molecule has 0 saturated carbocycles. The summed E-state index contributed by atoms with van der Waals surface area (Å²) in [5.74, 6) is 0.726. The van der Waals surface area contributed by atoms with Crippen LogP contribution in [-0.4, -0.2) is 50.4 Å². The van der Waals surface area contributed by atoms with Crippen molar-refractivity contribution in [2.45, 2.75) is 59.5 Å². The molecule has 2 amide bonds. The zero-order valence-electron chi connectivity index (χ0n) is 14.6. The smallest absolute Gasteiger partial charge is 0.235 e. The van der Waals surface area contributed by atoms with Gasteiger partial charge in [0.15, 0.2) is 0 Å². The van der Waals surface area contributed by atoms with Crippen LogP contribution in [0.15, 0.2) is 4.42 Å². The summed E-state index contributed by atoms with van der Waals surface area (Å²) < 4.78 is 5.48. The molecule has 0 unspecified atom stereocenters. The van der Waals surface area contributed by atoms with Gasteiger partial charge in [-0.25, -0.2) is 0 Å². The molecule has 0 spiro atoms. The standard InChI is InChI=1S/C16H26N4O3/c1-6-12-17-18-13(23-12)10-19(7-2)15(22)11-8-14(21)20(9-11)16(3,4)5/h11H,6-10H2,1-5H3/t11-/m0/s1. The fourth-order valence-electron chi connectivity index (χ4n) is 2.78. The van der Waals surface area contributed by atoms with Gasteiger partial charge in [0.25, 0.3) is 0 Å². The van der Waals surface area contributed by atoms with Gasteiger partial charge in [0.1, 0.15) is 0 Å². The molecule has 0 aromatic carbocycles. The molecule has 1 saturated heterocycles. The zero-order chi connectivity index (χ0) is 17.2. The average Bonchev–Trinajstić information content (AvgIpc) is 3.09. The molecule has 7 nitrogen and oxygen atoms in total. The normalized spacial score (nSPS) is 18.6. The van der Waals surface area contributed by atoms with Crippen molar-refractivity contribution in [1.29, 1.82) is 0 Å². The van der Waals surface area contributed by atoms with Crippen LogP contribution in [0.2, 0.25) is 0 Å². The number of amides is 2. The molecule has 1 fully saturated rings. The first-order chi connectivity index (χ1) is 10.8. The van der Waals surface area contributed by atoms with Crippen LogP contribution in [0.25, 0.3) is 0 Å². The quantitative estimate of drug-likeness (QED) is 0.823. The topological polar surface area (TPSA) is 79.5 Å². The average molecular weight is 322 g/mol. The maximum absolute atomic E-state index is 12.7. The SMILES string of the molecule is CCc1nnc(CN(CC)C(=O)[C@H]2CC(=O)N(C(C)(C)C)C2)o1. The van der Waals surface area contributed by atoms with Crippen LogP contribution in [0.4, 0.5) is 0 Å². The number of nitrogens with zero attached hydrogens (tertiary/aromatic N) is 4. The first kappa shape index (κ1) is 17.4. The van der Waals surface area contributed by atoms with Crippen LogP contribution in [0.3, 0.4) is 0 Å². The largest absolute Gasteiger partial charge is 0.423 e. The highest BCUT2D eigenvalue weighted by Gasteiger charge is 2.40. The van der Waals surface area contributed by atoms with Crippen LogP contribution >= 0.6 is 0 Å². The third-order valence-electron chi connectivity index (χ3n) is 4.11. The van der Waals surface area contributed by atoms with Gasteiger partial charge in [-0.1, -0.05) is 6.92 Å². The van der Waals surface area contributed by atoms with Gasteiger partial charge >= 0.3 is 0 Å². The number of hydrogen-bond donors (Lipinski definition) is 0. The van der Waals surface area contributed by atoms with Crippen LogP contribution in [0, 0.1) is 5.92 Å². The number of hydrogen-bond acceptors (Lipinski definition) is 5. The third kappa shape index (κ3) is 3.89. The molecule has 7 heteroatoms. The summed E-state index contributed by atoms with van der Waals surface area (Å²) in [4.78, 5) is 28.4. The predicted molar refractivity (Wildman–Crippen MR) is 84.3 cm³/mol. The lowest BCUT2D eigenvalue weighted by atomic mass is 10.1. The molecule has 1 atom stereocenters. The summed E-state index contributed by atoms with van der Waals surface area (Å²) >= 11 is 0. The summed E-state index contributed by atoms with van der Waals surface area (Å²) in [5.41, 5.74) is -0.258. The van der Waals surface area contributed by atoms with Crippen LogP contribution < -0.4 is 0 Å². The van der Waals surface area contributed by atoms with E-state index in [0.29, 0.717) is 37.8 Å². The maximum atomic E-state index is 12.7. The van der Waals surface area contributed by atoms with Crippen molar-refractivity contribution in [3.8, 4) is 0 Å². The fourth-order valence-corrected chi connectivity index (χ4v) is 2.78. The first-order valence-electron chi connectivity index (χ1n) is 8.16. The molecule has 128 valence electrons. The van der Waals surface area contributed by atoms with Gasteiger partial charge in [0.2, 0.25) is 23.6 Å². The predicted octanol–water partition coefficient (Wildman–Crippen LogP) is 1.63. The van der Waals surface area contributed by atoms with E-state index in [1.54, 1.807) is 9.80 Å². The number of likely N-dealkylation sites (tertiary alicyclic amines) is 1. The Morgan fingerprint density at radius 1 is 1.30 bits per heavy atom. The lowest BCUT2D eigenvalue weighted by molar-refractivity contribution is -0.136. The lowest BCUT2D eigenvalue weighted by Crippen LogP contribution is -2.43. The Balaban J connectivity index is 2.04. The summed E-state index contributed by atoms with van der Waals surface area (Å²) in [6, 6.07) is 0. The Bertz CT molecular complexity index is 576. The van der Waals surface area contributed by atoms with Crippen molar-refractivity contribution < 1.29 is 14.0 Å². The van der Waals surface area contributed by atoms with Crippen LogP contribution in [0.5, 0.6) is 0 Å². The van der Waals surface area contributed by atoms with E-state index in [4.69, 9.17) is 4.42 Å². The number of aryl methyl sites for hydroxylation is 1. The number of rotatable bonds is 5. The number of carbonyl (C=O) groups excluding carboxylic acids is 2. The lowest BCUT2D eigenvalue weighted by Gasteiger charge is -2.32. The van der Waals surface area contributed by atoms with E-state index in [0.717, 1.165) is 0 Å². The molecule has 2 heterocycles. The highest BCUT2D eigenvalue weighted by Crippen LogP contribution is 2.27. The van der Waals surface area contributed by atoms with Crippen molar-refractivity contribution >= 4 is 11.8 Å². The third-order valence-corrected chi connectivity index (χ3v) is 4.11. The van der Waals surface area contributed by atoms with Crippen molar-refractivity contribution in [2.24, 2.45) is 5.92 Å². The van der Waals surface area contributed by atoms with Crippen LogP contribution in [-0.2, 0) is 22.6 Å². The summed E-state index contributed by atoms with van der Waals surface area (Å²) in [6.07, 6.45) is 0.946. The Hall–Kier alpha value is -1.92. The molecule has 0 aliphatic carbocycles.